The molecule has 1 N–H and O–H groups in total. The van der Waals surface area contributed by atoms with Gasteiger partial charge < -0.3 is 5.32 Å². The molecule has 32 heavy (non-hydrogen) atoms. The molecule has 0 bridgehead atoms. The van der Waals surface area contributed by atoms with Gasteiger partial charge in [0.1, 0.15) is 22.2 Å². The Balaban J connectivity index is 1.33. The van der Waals surface area contributed by atoms with E-state index >= 15 is 0 Å². The third-order valence-electron chi connectivity index (χ3n) is 5.36. The topological polar surface area (TPSA) is 90.5 Å². The molecule has 8 nitrogen and oxygen atoms in total. The van der Waals surface area contributed by atoms with Gasteiger partial charge in [-0.1, -0.05) is 30.3 Å². The van der Waals surface area contributed by atoms with Crippen molar-refractivity contribution in [2.24, 2.45) is 7.05 Å². The molecule has 1 aliphatic heterocycles. The molecule has 4 heterocycles. The zero-order valence-corrected chi connectivity index (χ0v) is 17.9. The Morgan fingerprint density at radius 2 is 2.06 bits per heavy atom. The smallest absolute Gasteiger partial charge is 0.281 e. The average molecular weight is 455 g/mol. The number of aromatic nitrogens is 6. The van der Waals surface area contributed by atoms with Crippen LogP contribution in [0.15, 0.2) is 41.9 Å². The second kappa shape index (κ2) is 8.23. The fourth-order valence-corrected chi connectivity index (χ4v) is 4.59. The number of carbonyl (C=O) groups is 1. The van der Waals surface area contributed by atoms with Crippen LogP contribution in [0.3, 0.4) is 0 Å². The molecule has 3 aromatic heterocycles. The first kappa shape index (κ1) is 20.4. The Labute approximate surface area is 185 Å². The van der Waals surface area contributed by atoms with Gasteiger partial charge in [0.15, 0.2) is 5.82 Å². The second-order valence-electron chi connectivity index (χ2n) is 7.51. The van der Waals surface area contributed by atoms with Crippen LogP contribution in [-0.2, 0) is 20.0 Å². The van der Waals surface area contributed by atoms with Crippen LogP contribution in [0.4, 0.5) is 8.78 Å². The van der Waals surface area contributed by atoms with Gasteiger partial charge >= 0.3 is 0 Å². The van der Waals surface area contributed by atoms with E-state index in [4.69, 9.17) is 0 Å². The number of hydrogen-bond acceptors (Lipinski definition) is 6. The van der Waals surface area contributed by atoms with Crippen LogP contribution in [0.5, 0.6) is 0 Å². The van der Waals surface area contributed by atoms with E-state index < -0.39 is 6.43 Å². The lowest BCUT2D eigenvalue weighted by Crippen LogP contribution is -2.41. The molecule has 0 fully saturated rings. The molecule has 164 valence electrons. The molecule has 4 aromatic rings. The van der Waals surface area contributed by atoms with Gasteiger partial charge in [-0.2, -0.15) is 10.2 Å². The fraction of sp³-hybridized carbons (Fsp3) is 0.286. The molecule has 0 spiro atoms. The Kier molecular flexibility index (Phi) is 5.25. The largest absolute Gasteiger partial charge is 0.347 e. The summed E-state index contributed by atoms with van der Waals surface area (Å²) in [5.74, 6) is 1.15. The number of nitrogens with one attached hydrogen (secondary N) is 1. The van der Waals surface area contributed by atoms with E-state index in [0.29, 0.717) is 35.8 Å². The zero-order valence-electron chi connectivity index (χ0n) is 17.1. The number of thiazole rings is 1. The summed E-state index contributed by atoms with van der Waals surface area (Å²) in [5, 5.41) is 13.4. The van der Waals surface area contributed by atoms with Crippen molar-refractivity contribution in [1.82, 2.24) is 34.8 Å². The van der Waals surface area contributed by atoms with Crippen molar-refractivity contribution in [3.05, 3.63) is 59.1 Å². The molecule has 11 heteroatoms. The van der Waals surface area contributed by atoms with Gasteiger partial charge in [0, 0.05) is 37.0 Å². The van der Waals surface area contributed by atoms with Crippen molar-refractivity contribution in [3.63, 3.8) is 0 Å². The molecule has 0 saturated heterocycles. The van der Waals surface area contributed by atoms with E-state index in [0.717, 1.165) is 22.7 Å². The second-order valence-corrected chi connectivity index (χ2v) is 8.37. The lowest BCUT2D eigenvalue weighted by Gasteiger charge is -2.23. The van der Waals surface area contributed by atoms with E-state index in [-0.39, 0.29) is 23.3 Å². The van der Waals surface area contributed by atoms with Gasteiger partial charge in [0.25, 0.3) is 12.3 Å². The number of carbonyl (C=O) groups excluding carboxylic acids is 1. The molecule has 1 unspecified atom stereocenters. The van der Waals surface area contributed by atoms with Crippen LogP contribution in [0.25, 0.3) is 22.0 Å². The first-order valence-corrected chi connectivity index (χ1v) is 10.9. The average Bonchev–Trinajstić information content (AvgIpc) is 3.51. The summed E-state index contributed by atoms with van der Waals surface area (Å²) in [5.41, 5.74) is 1.37. The highest BCUT2D eigenvalue weighted by Crippen LogP contribution is 2.30. The molecule has 1 aliphatic rings. The van der Waals surface area contributed by atoms with Crippen LogP contribution in [0.2, 0.25) is 0 Å². The standard InChI is InChI=1S/C21H19F2N7OS/c1-29-17(14(10-24-29)21-26-15(11-32-21)18(22)23)20(31)25-13-7-8-30-16(9-13)27-19(28-30)12-5-3-2-4-6-12/h2-6,10-11,13,18H,7-9H2,1H3,(H,25,31). The number of halogens is 2. The predicted octanol–water partition coefficient (Wildman–Crippen LogP) is 3.48. The van der Waals surface area contributed by atoms with E-state index in [1.165, 1.54) is 16.3 Å². The summed E-state index contributed by atoms with van der Waals surface area (Å²) in [6, 6.07) is 9.62. The summed E-state index contributed by atoms with van der Waals surface area (Å²) in [4.78, 5) is 21.7. The number of fused-ring (bicyclic) bond motifs is 1. The van der Waals surface area contributed by atoms with Crippen molar-refractivity contribution >= 4 is 17.2 Å². The number of benzene rings is 1. The van der Waals surface area contributed by atoms with Gasteiger partial charge in [-0.15, -0.1) is 11.3 Å². The van der Waals surface area contributed by atoms with Crippen molar-refractivity contribution in [3.8, 4) is 22.0 Å². The number of rotatable bonds is 5. The zero-order chi connectivity index (χ0) is 22.2. The third kappa shape index (κ3) is 3.79. The SMILES string of the molecule is Cn1ncc(-c2nc(C(F)F)cs2)c1C(=O)NC1CCn2nc(-c3ccccc3)nc2C1. The first-order chi connectivity index (χ1) is 15.5. The molecule has 5 rings (SSSR count). The minimum Gasteiger partial charge on any atom is -0.347 e. The first-order valence-electron chi connectivity index (χ1n) is 10.1. The van der Waals surface area contributed by atoms with Crippen LogP contribution in [0.1, 0.15) is 34.9 Å². The van der Waals surface area contributed by atoms with Crippen LogP contribution >= 0.6 is 11.3 Å². The molecule has 1 atom stereocenters. The number of hydrogen-bond donors (Lipinski definition) is 1. The summed E-state index contributed by atoms with van der Waals surface area (Å²) in [6.45, 7) is 0.641. The highest BCUT2D eigenvalue weighted by molar-refractivity contribution is 7.13. The van der Waals surface area contributed by atoms with Crippen molar-refractivity contribution in [2.75, 3.05) is 0 Å². The summed E-state index contributed by atoms with van der Waals surface area (Å²) in [7, 11) is 1.64. The Morgan fingerprint density at radius 3 is 2.81 bits per heavy atom. The summed E-state index contributed by atoms with van der Waals surface area (Å²) >= 11 is 1.07. The maximum Gasteiger partial charge on any atom is 0.281 e. The number of amides is 1. The molecular formula is C21H19F2N7OS. The van der Waals surface area contributed by atoms with Gasteiger partial charge in [0.2, 0.25) is 0 Å². The minimum absolute atomic E-state index is 0.126. The molecular weight excluding hydrogens is 436 g/mol. The Bertz CT molecular complexity index is 1260. The normalized spacial score (nSPS) is 15.7. The van der Waals surface area contributed by atoms with E-state index in [9.17, 15) is 13.6 Å². The number of alkyl halides is 2. The quantitative estimate of drug-likeness (QED) is 0.498. The Morgan fingerprint density at radius 1 is 1.25 bits per heavy atom. The monoisotopic (exact) mass is 455 g/mol. The lowest BCUT2D eigenvalue weighted by molar-refractivity contribution is 0.0921. The minimum atomic E-state index is -2.66. The van der Waals surface area contributed by atoms with Crippen molar-refractivity contribution < 1.29 is 13.6 Å². The molecule has 0 saturated carbocycles. The summed E-state index contributed by atoms with van der Waals surface area (Å²) in [6.07, 6.45) is 0.0726. The van der Waals surface area contributed by atoms with Crippen LogP contribution < -0.4 is 5.32 Å². The van der Waals surface area contributed by atoms with Crippen LogP contribution in [-0.4, -0.2) is 41.5 Å². The van der Waals surface area contributed by atoms with Crippen molar-refractivity contribution in [2.45, 2.75) is 31.9 Å². The predicted molar refractivity (Wildman–Crippen MR) is 114 cm³/mol. The fourth-order valence-electron chi connectivity index (χ4n) is 3.76. The van der Waals surface area contributed by atoms with Gasteiger partial charge in [0.05, 0.1) is 11.8 Å². The number of aryl methyl sites for hydroxylation is 2. The van der Waals surface area contributed by atoms with E-state index in [2.05, 4.69) is 25.5 Å². The van der Waals surface area contributed by atoms with E-state index in [1.807, 2.05) is 35.0 Å². The molecule has 0 radical (unpaired) electrons. The third-order valence-corrected chi connectivity index (χ3v) is 6.26. The van der Waals surface area contributed by atoms with Crippen molar-refractivity contribution in [1.29, 1.82) is 0 Å². The molecule has 1 amide bonds. The molecule has 0 aliphatic carbocycles. The maximum atomic E-state index is 13.1. The van der Waals surface area contributed by atoms with E-state index in [1.54, 1.807) is 7.05 Å². The maximum absolute atomic E-state index is 13.1. The summed E-state index contributed by atoms with van der Waals surface area (Å²) < 4.78 is 29.2. The van der Waals surface area contributed by atoms with Gasteiger partial charge in [-0.05, 0) is 6.42 Å². The Hall–Kier alpha value is -3.47. The van der Waals surface area contributed by atoms with Gasteiger partial charge in [-0.3, -0.25) is 9.48 Å². The van der Waals surface area contributed by atoms with Gasteiger partial charge in [-0.25, -0.2) is 23.4 Å². The highest BCUT2D eigenvalue weighted by Gasteiger charge is 2.27. The highest BCUT2D eigenvalue weighted by atomic mass is 32.1. The lowest BCUT2D eigenvalue weighted by atomic mass is 10.1. The number of nitrogens with zero attached hydrogens (tertiary/aromatic N) is 6. The van der Waals surface area contributed by atoms with Crippen LogP contribution in [0, 0.1) is 0 Å². The molecule has 1 aromatic carbocycles.